The lowest BCUT2D eigenvalue weighted by molar-refractivity contribution is 0.985. The summed E-state index contributed by atoms with van der Waals surface area (Å²) in [7, 11) is 0. The smallest absolute Gasteiger partial charge is 0.0899 e. The van der Waals surface area contributed by atoms with Gasteiger partial charge in [-0.15, -0.1) is 0 Å². The highest BCUT2D eigenvalue weighted by Gasteiger charge is 1.99. The highest BCUT2D eigenvalue weighted by molar-refractivity contribution is 9.10. The van der Waals surface area contributed by atoms with Crippen LogP contribution < -0.4 is 0 Å². The molecular formula is C32H31Br2N3. The largest absolute Gasteiger partial charge is 0.290 e. The lowest BCUT2D eigenvalue weighted by Crippen LogP contribution is -1.96. The monoisotopic (exact) mass is 615 g/mol. The van der Waals surface area contributed by atoms with Crippen LogP contribution in [0.15, 0.2) is 133 Å². The van der Waals surface area contributed by atoms with E-state index in [2.05, 4.69) is 108 Å². The van der Waals surface area contributed by atoms with Crippen LogP contribution in [-0.2, 0) is 26.1 Å². The molecule has 4 aromatic carbocycles. The Hall–Kier alpha value is -3.11. The van der Waals surface area contributed by atoms with Crippen LogP contribution in [-0.4, -0.2) is 11.7 Å². The van der Waals surface area contributed by atoms with Crippen molar-refractivity contribution in [2.45, 2.75) is 39.4 Å². The molecule has 0 aliphatic carbocycles. The normalized spacial score (nSPS) is 10.6. The summed E-state index contributed by atoms with van der Waals surface area (Å²) in [5, 5.41) is 0. The molecule has 0 aliphatic rings. The summed E-state index contributed by atoms with van der Waals surface area (Å²) in [6.45, 7) is 4.09. The first-order valence-corrected chi connectivity index (χ1v) is 13.8. The van der Waals surface area contributed by atoms with Gasteiger partial charge in [0.05, 0.1) is 25.6 Å². The Morgan fingerprint density at radius 2 is 1.08 bits per heavy atom. The van der Waals surface area contributed by atoms with E-state index in [0.717, 1.165) is 33.9 Å². The zero-order valence-electron chi connectivity index (χ0n) is 21.0. The molecular weight excluding hydrogens is 586 g/mol. The molecule has 0 saturated carbocycles. The molecule has 0 bridgehead atoms. The topological polar surface area (TPSA) is 37.1 Å². The summed E-state index contributed by atoms with van der Waals surface area (Å²) in [6.07, 6.45) is 2.08. The van der Waals surface area contributed by atoms with E-state index >= 15 is 0 Å². The average Bonchev–Trinajstić information content (AvgIpc) is 2.94. The first-order valence-electron chi connectivity index (χ1n) is 12.2. The minimum absolute atomic E-state index is 0.597. The van der Waals surface area contributed by atoms with Crippen molar-refractivity contribution in [2.24, 2.45) is 15.0 Å². The number of hydrogen-bond acceptors (Lipinski definition) is 3. The maximum Gasteiger partial charge on any atom is 0.0899 e. The highest BCUT2D eigenvalue weighted by Crippen LogP contribution is 2.17. The fraction of sp³-hybridized carbons (Fsp3) is 0.188. The van der Waals surface area contributed by atoms with Crippen molar-refractivity contribution in [2.75, 3.05) is 0 Å². The Morgan fingerprint density at radius 3 is 1.68 bits per heavy atom. The third-order valence-electron chi connectivity index (χ3n) is 5.55. The van der Waals surface area contributed by atoms with E-state index in [1.807, 2.05) is 60.7 Å². The Kier molecular flexibility index (Phi) is 12.8. The molecule has 0 amide bonds. The molecule has 0 fully saturated rings. The summed E-state index contributed by atoms with van der Waals surface area (Å²) >= 11 is 7.04. The number of benzene rings is 4. The maximum atomic E-state index is 4.66. The van der Waals surface area contributed by atoms with Gasteiger partial charge >= 0.3 is 0 Å². The van der Waals surface area contributed by atoms with Crippen molar-refractivity contribution in [3.05, 3.63) is 140 Å². The fourth-order valence-electron chi connectivity index (χ4n) is 3.40. The van der Waals surface area contributed by atoms with Crippen LogP contribution in [0.2, 0.25) is 0 Å². The standard InChI is InChI=1S/C17H18BrN.C15H13BrN2/c1-14(11-12-15-7-3-2-4-8-15)19-13-16-9-5-6-10-17(16)18;16-15-9-5-4-8-14(15)11-18-12-17-10-13-6-2-1-3-7-13/h2-10H,11-13H2,1H3;1-9H,10-11H2. The third-order valence-corrected chi connectivity index (χ3v) is 7.10. The number of nitrogens with zero attached hydrogens (tertiary/aromatic N) is 3. The molecule has 5 heteroatoms. The fourth-order valence-corrected chi connectivity index (χ4v) is 4.22. The molecule has 0 radical (unpaired) electrons. The van der Waals surface area contributed by atoms with Crippen molar-refractivity contribution >= 4 is 43.6 Å². The second-order valence-electron chi connectivity index (χ2n) is 8.44. The van der Waals surface area contributed by atoms with E-state index in [-0.39, 0.29) is 0 Å². The molecule has 4 aromatic rings. The second-order valence-corrected chi connectivity index (χ2v) is 10.1. The van der Waals surface area contributed by atoms with Crippen molar-refractivity contribution < 1.29 is 0 Å². The summed E-state index contributed by atoms with van der Waals surface area (Å²) in [6, 6.07) is 39.7. The third kappa shape index (κ3) is 11.2. The molecule has 0 aromatic heterocycles. The van der Waals surface area contributed by atoms with Crippen LogP contribution >= 0.6 is 31.9 Å². The summed E-state index contributed by atoms with van der Waals surface area (Å²) < 4.78 is 2.20. The van der Waals surface area contributed by atoms with Gasteiger partial charge in [0.1, 0.15) is 0 Å². The number of aliphatic imine (C=N–C) groups is 3. The summed E-state index contributed by atoms with van der Waals surface area (Å²) in [4.78, 5) is 13.0. The Balaban J connectivity index is 0.000000206. The molecule has 0 aliphatic heterocycles. The van der Waals surface area contributed by atoms with E-state index in [4.69, 9.17) is 0 Å². The van der Waals surface area contributed by atoms with Crippen LogP contribution in [0.4, 0.5) is 0 Å². The number of rotatable bonds is 9. The van der Waals surface area contributed by atoms with Crippen molar-refractivity contribution in [1.82, 2.24) is 0 Å². The Bertz CT molecular complexity index is 1310. The first kappa shape index (κ1) is 28.5. The number of aryl methyl sites for hydroxylation is 1. The Morgan fingerprint density at radius 1 is 0.595 bits per heavy atom. The molecule has 4 rings (SSSR count). The SMILES string of the molecule is Brc1ccccc1CN=C=NCc1ccccc1.CC(CCc1ccccc1)=NCc1ccccc1Br. The zero-order chi connectivity index (χ0) is 26.1. The molecule has 0 spiro atoms. The van der Waals surface area contributed by atoms with E-state index in [9.17, 15) is 0 Å². The molecule has 0 unspecified atom stereocenters. The van der Waals surface area contributed by atoms with Gasteiger partial charge in [-0.3, -0.25) is 4.99 Å². The second kappa shape index (κ2) is 16.6. The molecule has 0 N–H and O–H groups in total. The summed E-state index contributed by atoms with van der Waals surface area (Å²) in [5.74, 6) is 0. The van der Waals surface area contributed by atoms with E-state index in [0.29, 0.717) is 13.1 Å². The predicted octanol–water partition coefficient (Wildman–Crippen LogP) is 9.37. The van der Waals surface area contributed by atoms with Gasteiger partial charge in [0, 0.05) is 14.7 Å². The van der Waals surface area contributed by atoms with Crippen LogP contribution in [0.1, 0.15) is 35.6 Å². The first-order chi connectivity index (χ1) is 18.1. The highest BCUT2D eigenvalue weighted by atomic mass is 79.9. The van der Waals surface area contributed by atoms with E-state index in [1.54, 1.807) is 0 Å². The lowest BCUT2D eigenvalue weighted by Gasteiger charge is -2.03. The maximum absolute atomic E-state index is 4.66. The minimum atomic E-state index is 0.597. The summed E-state index contributed by atoms with van der Waals surface area (Å²) in [5.41, 5.74) is 6.13. The van der Waals surface area contributed by atoms with Gasteiger partial charge in [-0.25, -0.2) is 9.98 Å². The van der Waals surface area contributed by atoms with Gasteiger partial charge in [0.25, 0.3) is 0 Å². The lowest BCUT2D eigenvalue weighted by atomic mass is 10.1. The minimum Gasteiger partial charge on any atom is -0.290 e. The van der Waals surface area contributed by atoms with Gasteiger partial charge in [-0.05, 0) is 54.2 Å². The molecule has 188 valence electrons. The van der Waals surface area contributed by atoms with E-state index in [1.165, 1.54) is 22.4 Å². The molecule has 3 nitrogen and oxygen atoms in total. The van der Waals surface area contributed by atoms with Gasteiger partial charge in [-0.2, -0.15) is 0 Å². The van der Waals surface area contributed by atoms with Crippen LogP contribution in [0.25, 0.3) is 0 Å². The quantitative estimate of drug-likeness (QED) is 0.168. The number of hydrogen-bond donors (Lipinski definition) is 0. The van der Waals surface area contributed by atoms with Gasteiger partial charge < -0.3 is 0 Å². The van der Waals surface area contributed by atoms with E-state index < -0.39 is 0 Å². The average molecular weight is 617 g/mol. The zero-order valence-corrected chi connectivity index (χ0v) is 24.2. The molecule has 0 saturated heterocycles. The van der Waals surface area contributed by atoms with Crippen LogP contribution in [0, 0.1) is 0 Å². The van der Waals surface area contributed by atoms with Crippen LogP contribution in [0.5, 0.6) is 0 Å². The molecule has 37 heavy (non-hydrogen) atoms. The van der Waals surface area contributed by atoms with Gasteiger partial charge in [0.2, 0.25) is 0 Å². The molecule has 0 atom stereocenters. The van der Waals surface area contributed by atoms with Crippen LogP contribution in [0.3, 0.4) is 0 Å². The van der Waals surface area contributed by atoms with Gasteiger partial charge in [0.15, 0.2) is 0 Å². The number of halogens is 2. The molecule has 0 heterocycles. The van der Waals surface area contributed by atoms with Crippen molar-refractivity contribution in [3.8, 4) is 0 Å². The Labute approximate surface area is 237 Å². The van der Waals surface area contributed by atoms with Crippen molar-refractivity contribution in [1.29, 1.82) is 0 Å². The predicted molar refractivity (Wildman–Crippen MR) is 164 cm³/mol. The van der Waals surface area contributed by atoms with Crippen molar-refractivity contribution in [3.63, 3.8) is 0 Å². The van der Waals surface area contributed by atoms with Gasteiger partial charge in [-0.1, -0.05) is 129 Å².